The monoisotopic (exact) mass is 410 g/mol. The molecule has 1 fully saturated rings. The number of anilines is 1. The minimum atomic E-state index is 0.0849. The van der Waals surface area contributed by atoms with E-state index in [0.717, 1.165) is 47.0 Å². The molecular formula is C23H26N2O3S. The van der Waals surface area contributed by atoms with Gasteiger partial charge in [0.15, 0.2) is 5.13 Å². The molecule has 1 atom stereocenters. The number of amides is 1. The fourth-order valence-corrected chi connectivity index (χ4v) is 4.59. The van der Waals surface area contributed by atoms with Crippen molar-refractivity contribution in [3.05, 3.63) is 54.1 Å². The number of carbonyl (C=O) groups excluding carboxylic acids is 1. The van der Waals surface area contributed by atoms with Crippen LogP contribution in [0.3, 0.4) is 0 Å². The largest absolute Gasteiger partial charge is 0.494 e. The highest BCUT2D eigenvalue weighted by Crippen LogP contribution is 2.32. The zero-order valence-corrected chi connectivity index (χ0v) is 17.5. The lowest BCUT2D eigenvalue weighted by atomic mass is 10.1. The van der Waals surface area contributed by atoms with Gasteiger partial charge in [0, 0.05) is 13.0 Å². The Morgan fingerprint density at radius 3 is 2.90 bits per heavy atom. The molecular weight excluding hydrogens is 384 g/mol. The average molecular weight is 411 g/mol. The smallest absolute Gasteiger partial charge is 0.229 e. The van der Waals surface area contributed by atoms with Crippen LogP contribution < -0.4 is 9.64 Å². The second-order valence-electron chi connectivity index (χ2n) is 7.18. The summed E-state index contributed by atoms with van der Waals surface area (Å²) in [5.41, 5.74) is 2.06. The van der Waals surface area contributed by atoms with Crippen molar-refractivity contribution >= 4 is 32.6 Å². The van der Waals surface area contributed by atoms with Gasteiger partial charge in [-0.2, -0.15) is 0 Å². The van der Waals surface area contributed by atoms with Crippen molar-refractivity contribution in [2.75, 3.05) is 24.7 Å². The third kappa shape index (κ3) is 4.95. The summed E-state index contributed by atoms with van der Waals surface area (Å²) < 4.78 is 12.4. The molecule has 1 aromatic heterocycles. The Hall–Kier alpha value is -2.44. The highest BCUT2D eigenvalue weighted by Gasteiger charge is 2.26. The molecule has 0 bridgehead atoms. The third-order valence-corrected chi connectivity index (χ3v) is 6.11. The summed E-state index contributed by atoms with van der Waals surface area (Å²) in [7, 11) is 0. The van der Waals surface area contributed by atoms with Crippen LogP contribution in [-0.2, 0) is 16.0 Å². The lowest BCUT2D eigenvalue weighted by Crippen LogP contribution is -2.37. The van der Waals surface area contributed by atoms with E-state index in [4.69, 9.17) is 14.5 Å². The first-order valence-corrected chi connectivity index (χ1v) is 11.0. The van der Waals surface area contributed by atoms with E-state index in [1.54, 1.807) is 0 Å². The Balaban J connectivity index is 1.55. The molecule has 5 nitrogen and oxygen atoms in total. The van der Waals surface area contributed by atoms with Gasteiger partial charge in [-0.15, -0.1) is 0 Å². The number of fused-ring (bicyclic) bond motifs is 1. The van der Waals surface area contributed by atoms with Crippen molar-refractivity contribution in [3.8, 4) is 5.75 Å². The number of rotatable bonds is 8. The van der Waals surface area contributed by atoms with Gasteiger partial charge in [0.25, 0.3) is 0 Å². The maximum atomic E-state index is 13.2. The maximum absolute atomic E-state index is 13.2. The van der Waals surface area contributed by atoms with Gasteiger partial charge in [-0.1, -0.05) is 41.7 Å². The second-order valence-corrected chi connectivity index (χ2v) is 8.19. The molecule has 2 aromatic carbocycles. The average Bonchev–Trinajstić information content (AvgIpc) is 3.40. The summed E-state index contributed by atoms with van der Waals surface area (Å²) in [6.45, 7) is 3.93. The highest BCUT2D eigenvalue weighted by atomic mass is 32.1. The van der Waals surface area contributed by atoms with Crippen LogP contribution in [0.2, 0.25) is 0 Å². The molecule has 1 unspecified atom stereocenters. The molecule has 152 valence electrons. The van der Waals surface area contributed by atoms with Crippen LogP contribution in [0, 0.1) is 0 Å². The Kier molecular flexibility index (Phi) is 6.42. The van der Waals surface area contributed by atoms with Gasteiger partial charge in [-0.05, 0) is 49.9 Å². The number of carbonyl (C=O) groups is 1. The lowest BCUT2D eigenvalue weighted by molar-refractivity contribution is -0.119. The van der Waals surface area contributed by atoms with Crippen LogP contribution in [0.4, 0.5) is 5.13 Å². The number of benzene rings is 2. The van der Waals surface area contributed by atoms with Crippen LogP contribution in [0.15, 0.2) is 48.5 Å². The van der Waals surface area contributed by atoms with E-state index in [1.165, 1.54) is 16.9 Å². The lowest BCUT2D eigenvalue weighted by Gasteiger charge is -2.23. The number of hydrogen-bond acceptors (Lipinski definition) is 5. The molecule has 29 heavy (non-hydrogen) atoms. The van der Waals surface area contributed by atoms with Crippen molar-refractivity contribution in [3.63, 3.8) is 0 Å². The first-order valence-electron chi connectivity index (χ1n) is 10.2. The van der Waals surface area contributed by atoms with E-state index in [9.17, 15) is 4.79 Å². The normalized spacial score (nSPS) is 16.2. The van der Waals surface area contributed by atoms with Gasteiger partial charge in [-0.3, -0.25) is 9.69 Å². The topological polar surface area (TPSA) is 51.7 Å². The zero-order valence-electron chi connectivity index (χ0n) is 16.7. The van der Waals surface area contributed by atoms with Crippen LogP contribution in [-0.4, -0.2) is 36.8 Å². The summed E-state index contributed by atoms with van der Waals surface area (Å²) in [5.74, 6) is 0.921. The number of aryl methyl sites for hydroxylation is 1. The summed E-state index contributed by atoms with van der Waals surface area (Å²) in [6.07, 6.45) is 3.30. The van der Waals surface area contributed by atoms with E-state index < -0.39 is 0 Å². The van der Waals surface area contributed by atoms with Crippen LogP contribution in [0.25, 0.3) is 10.2 Å². The van der Waals surface area contributed by atoms with E-state index in [-0.39, 0.29) is 12.0 Å². The quantitative estimate of drug-likeness (QED) is 0.533. The molecule has 0 aliphatic carbocycles. The van der Waals surface area contributed by atoms with E-state index >= 15 is 0 Å². The molecule has 0 saturated carbocycles. The molecule has 3 aromatic rings. The predicted octanol–water partition coefficient (Wildman–Crippen LogP) is 4.84. The summed E-state index contributed by atoms with van der Waals surface area (Å²) in [5, 5.41) is 0.738. The van der Waals surface area contributed by atoms with Gasteiger partial charge in [0.1, 0.15) is 5.75 Å². The Bertz CT molecular complexity index is 951. The fourth-order valence-electron chi connectivity index (χ4n) is 3.57. The van der Waals surface area contributed by atoms with Gasteiger partial charge < -0.3 is 9.47 Å². The molecule has 6 heteroatoms. The van der Waals surface area contributed by atoms with Gasteiger partial charge in [0.05, 0.1) is 29.5 Å². The second kappa shape index (κ2) is 9.37. The Morgan fingerprint density at radius 2 is 2.14 bits per heavy atom. The summed E-state index contributed by atoms with van der Waals surface area (Å²) in [4.78, 5) is 19.7. The first kappa shape index (κ1) is 19.9. The van der Waals surface area contributed by atoms with Gasteiger partial charge in [0.2, 0.25) is 5.91 Å². The van der Waals surface area contributed by atoms with Crippen LogP contribution >= 0.6 is 11.3 Å². The van der Waals surface area contributed by atoms with Crippen molar-refractivity contribution in [1.29, 1.82) is 0 Å². The summed E-state index contributed by atoms with van der Waals surface area (Å²) in [6, 6.07) is 16.0. The molecule has 2 heterocycles. The SMILES string of the molecule is CCOc1ccc2nc(N(CC3CCCO3)C(=O)CCc3ccccc3)sc2c1. The third-order valence-electron chi connectivity index (χ3n) is 5.07. The van der Waals surface area contributed by atoms with Gasteiger partial charge in [-0.25, -0.2) is 4.98 Å². The number of thiazole rings is 1. The first-order chi connectivity index (χ1) is 14.2. The Labute approximate surface area is 175 Å². The Morgan fingerprint density at radius 1 is 1.28 bits per heavy atom. The molecule has 1 aliphatic heterocycles. The van der Waals surface area contributed by atoms with Crippen molar-refractivity contribution in [2.24, 2.45) is 0 Å². The molecule has 0 N–H and O–H groups in total. The van der Waals surface area contributed by atoms with E-state index in [1.807, 2.05) is 48.2 Å². The van der Waals surface area contributed by atoms with Crippen LogP contribution in [0.1, 0.15) is 31.7 Å². The van der Waals surface area contributed by atoms with Crippen molar-refractivity contribution in [2.45, 2.75) is 38.7 Å². The minimum absolute atomic E-state index is 0.0849. The standard InChI is InChI=1S/C23H26N2O3S/c1-2-27-18-11-12-20-21(15-18)29-23(24-20)25(16-19-9-6-14-28-19)22(26)13-10-17-7-4-3-5-8-17/h3-5,7-8,11-12,15,19H,2,6,9-10,13-14,16H2,1H3. The molecule has 1 amide bonds. The zero-order chi connectivity index (χ0) is 20.1. The molecule has 0 radical (unpaired) electrons. The molecule has 4 rings (SSSR count). The number of hydrogen-bond donors (Lipinski definition) is 0. The summed E-state index contributed by atoms with van der Waals surface area (Å²) >= 11 is 1.54. The fraction of sp³-hybridized carbons (Fsp3) is 0.391. The van der Waals surface area contributed by atoms with Gasteiger partial charge >= 0.3 is 0 Å². The minimum Gasteiger partial charge on any atom is -0.494 e. The molecule has 1 saturated heterocycles. The predicted molar refractivity (Wildman–Crippen MR) is 117 cm³/mol. The maximum Gasteiger partial charge on any atom is 0.229 e. The number of aromatic nitrogens is 1. The molecule has 1 aliphatic rings. The van der Waals surface area contributed by atoms with E-state index in [2.05, 4.69) is 12.1 Å². The number of ether oxygens (including phenoxy) is 2. The van der Waals surface area contributed by atoms with E-state index in [0.29, 0.717) is 19.6 Å². The highest BCUT2D eigenvalue weighted by molar-refractivity contribution is 7.22. The van der Waals surface area contributed by atoms with Crippen LogP contribution in [0.5, 0.6) is 5.75 Å². The molecule has 0 spiro atoms. The van der Waals surface area contributed by atoms with Crippen molar-refractivity contribution < 1.29 is 14.3 Å². The van der Waals surface area contributed by atoms with Crippen molar-refractivity contribution in [1.82, 2.24) is 4.98 Å². The number of nitrogens with zero attached hydrogens (tertiary/aromatic N) is 2.